The van der Waals surface area contributed by atoms with E-state index in [1.54, 1.807) is 62.4 Å². The minimum absolute atomic E-state index is 0.0122. The van der Waals surface area contributed by atoms with Gasteiger partial charge in [-0.3, -0.25) is 40.6 Å². The van der Waals surface area contributed by atoms with Crippen LogP contribution in [0, 0.1) is 16.7 Å². The third kappa shape index (κ3) is 19.0. The molecule has 6 aromatic rings. The van der Waals surface area contributed by atoms with Crippen LogP contribution in [-0.2, 0) is 55.0 Å². The minimum Gasteiger partial charge on any atom is -0.490 e. The number of carbonyl (C=O) groups excluding carboxylic acids is 6. The lowest BCUT2D eigenvalue weighted by Crippen LogP contribution is -2.49. The van der Waals surface area contributed by atoms with Crippen LogP contribution in [0.15, 0.2) is 170 Å². The highest BCUT2D eigenvalue weighted by molar-refractivity contribution is 6.05. The summed E-state index contributed by atoms with van der Waals surface area (Å²) in [5, 5.41) is 35.4. The summed E-state index contributed by atoms with van der Waals surface area (Å²) in [6.07, 6.45) is 1.09. The van der Waals surface area contributed by atoms with Crippen molar-refractivity contribution in [3.63, 3.8) is 0 Å². The Hall–Kier alpha value is -9.36. The fourth-order valence-electron chi connectivity index (χ4n) is 8.57. The van der Waals surface area contributed by atoms with Gasteiger partial charge in [0, 0.05) is 43.1 Å². The van der Waals surface area contributed by atoms with Crippen molar-refractivity contribution in [1.29, 1.82) is 10.8 Å². The monoisotopic (exact) mass is 1090 g/mol. The summed E-state index contributed by atoms with van der Waals surface area (Å²) in [5.41, 5.74) is 4.30. The van der Waals surface area contributed by atoms with E-state index >= 15 is 0 Å². The molecule has 6 aromatic carbocycles. The largest absolute Gasteiger partial charge is 0.490 e. The average Bonchev–Trinajstić information content (AvgIpc) is 4.16. The van der Waals surface area contributed by atoms with Crippen LogP contribution in [0.3, 0.4) is 0 Å². The molecule has 9 N–H and O–H groups in total. The minimum atomic E-state index is -0.720. The predicted molar refractivity (Wildman–Crippen MR) is 300 cm³/mol. The summed E-state index contributed by atoms with van der Waals surface area (Å²) in [5.74, 6) is 0.186. The number of amidine groups is 2. The normalized spacial score (nSPS) is 16.8. The molecule has 2 fully saturated rings. The van der Waals surface area contributed by atoms with E-state index in [-0.39, 0.29) is 79.7 Å². The average molecular weight is 1090 g/mol. The first-order chi connectivity index (χ1) is 38.7. The summed E-state index contributed by atoms with van der Waals surface area (Å²) in [6, 6.07) is 49.4. The third-order valence-corrected chi connectivity index (χ3v) is 13.1. The van der Waals surface area contributed by atoms with Crippen molar-refractivity contribution in [1.82, 2.24) is 37.2 Å². The summed E-state index contributed by atoms with van der Waals surface area (Å²) in [4.78, 5) is 74.5. The number of nitrogens with one attached hydrogen (secondary N) is 9. The van der Waals surface area contributed by atoms with Crippen LogP contribution >= 0.6 is 0 Å². The van der Waals surface area contributed by atoms with E-state index in [9.17, 15) is 28.8 Å². The highest BCUT2D eigenvalue weighted by Crippen LogP contribution is 2.29. The molecule has 1 aliphatic carbocycles. The van der Waals surface area contributed by atoms with E-state index in [1.807, 2.05) is 121 Å². The van der Waals surface area contributed by atoms with E-state index < -0.39 is 30.3 Å². The number of rotatable bonds is 20. The SMILES string of the molecule is C[C@H](NC(=O)[C@@H]1CC[C@@H](Oc2ccccc2)C1)C(=O)NCc1ccc(C(=N)NC(=O)OCc2ccccc2)cc1.C[C@H](NC(=O)[C@H]1C[C@H](Oc2ccccc2)CN1)C(=O)NCc1ccc(C(=N)NC(=O)OCc2ccccc2)cc1. The highest BCUT2D eigenvalue weighted by Gasteiger charge is 2.33. The Labute approximate surface area is 464 Å². The molecule has 2 aliphatic rings. The lowest BCUT2D eigenvalue weighted by molar-refractivity contribution is -0.130. The molecule has 0 bridgehead atoms. The molecule has 6 atom stereocenters. The molecular weight excluding hydrogens is 1020 g/mol. The van der Waals surface area contributed by atoms with E-state index in [2.05, 4.69) is 37.2 Å². The Morgan fingerprint density at radius 2 is 0.912 bits per heavy atom. The lowest BCUT2D eigenvalue weighted by Gasteiger charge is -2.18. The second-order valence-corrected chi connectivity index (χ2v) is 19.2. The Balaban J connectivity index is 0.000000231. The molecule has 0 unspecified atom stereocenters. The fourth-order valence-corrected chi connectivity index (χ4v) is 8.57. The molecule has 416 valence electrons. The first kappa shape index (κ1) is 58.3. The van der Waals surface area contributed by atoms with E-state index in [0.717, 1.165) is 46.6 Å². The molecule has 1 saturated heterocycles. The number of ether oxygens (including phenoxy) is 4. The third-order valence-electron chi connectivity index (χ3n) is 13.1. The van der Waals surface area contributed by atoms with Crippen LogP contribution in [-0.4, -0.2) is 84.4 Å². The van der Waals surface area contributed by atoms with Gasteiger partial charge in [0.25, 0.3) is 0 Å². The van der Waals surface area contributed by atoms with Gasteiger partial charge in [0.15, 0.2) is 0 Å². The van der Waals surface area contributed by atoms with E-state index in [1.165, 1.54) is 0 Å². The van der Waals surface area contributed by atoms with Crippen molar-refractivity contribution in [2.45, 2.75) is 96.2 Å². The Morgan fingerprint density at radius 1 is 0.500 bits per heavy atom. The number of carbonyl (C=O) groups is 6. The molecule has 1 heterocycles. The molecular formula is C61H67N9O10. The van der Waals surface area contributed by atoms with Gasteiger partial charge in [-0.15, -0.1) is 0 Å². The second kappa shape index (κ2) is 30.0. The maximum atomic E-state index is 12.7. The van der Waals surface area contributed by atoms with Crippen LogP contribution in [0.4, 0.5) is 9.59 Å². The molecule has 0 spiro atoms. The molecule has 80 heavy (non-hydrogen) atoms. The number of para-hydroxylation sites is 2. The van der Waals surface area contributed by atoms with Crippen LogP contribution < -0.4 is 46.7 Å². The maximum Gasteiger partial charge on any atom is 0.413 e. The van der Waals surface area contributed by atoms with Crippen molar-refractivity contribution in [2.24, 2.45) is 5.92 Å². The topological polar surface area (TPSA) is 271 Å². The molecule has 19 nitrogen and oxygen atoms in total. The molecule has 19 heteroatoms. The molecule has 0 aromatic heterocycles. The Morgan fingerprint density at radius 3 is 1.36 bits per heavy atom. The van der Waals surface area contributed by atoms with Gasteiger partial charge in [-0.2, -0.15) is 0 Å². The van der Waals surface area contributed by atoms with Gasteiger partial charge in [-0.1, -0.05) is 146 Å². The summed E-state index contributed by atoms with van der Waals surface area (Å²) in [7, 11) is 0. The highest BCUT2D eigenvalue weighted by atomic mass is 16.6. The van der Waals surface area contributed by atoms with Crippen molar-refractivity contribution in [3.05, 3.63) is 203 Å². The molecule has 0 radical (unpaired) electrons. The van der Waals surface area contributed by atoms with Gasteiger partial charge in [0.2, 0.25) is 23.6 Å². The number of hydrogen-bond donors (Lipinski definition) is 9. The fraction of sp³-hybridized carbons (Fsp3) is 0.279. The van der Waals surface area contributed by atoms with Gasteiger partial charge in [-0.05, 0) is 79.6 Å². The molecule has 8 rings (SSSR count). The molecule has 6 amide bonds. The van der Waals surface area contributed by atoms with Crippen LogP contribution in [0.25, 0.3) is 0 Å². The zero-order chi connectivity index (χ0) is 56.6. The van der Waals surface area contributed by atoms with Crippen molar-refractivity contribution < 1.29 is 47.7 Å². The quantitative estimate of drug-likeness (QED) is 0.0273. The van der Waals surface area contributed by atoms with Crippen LogP contribution in [0.5, 0.6) is 11.5 Å². The summed E-state index contributed by atoms with van der Waals surface area (Å²) >= 11 is 0. The van der Waals surface area contributed by atoms with Crippen LogP contribution in [0.1, 0.15) is 72.9 Å². The van der Waals surface area contributed by atoms with E-state index in [0.29, 0.717) is 30.5 Å². The second-order valence-electron chi connectivity index (χ2n) is 19.2. The van der Waals surface area contributed by atoms with Gasteiger partial charge < -0.3 is 45.5 Å². The first-order valence-corrected chi connectivity index (χ1v) is 26.4. The predicted octanol–water partition coefficient (Wildman–Crippen LogP) is 7.18. The summed E-state index contributed by atoms with van der Waals surface area (Å²) in [6.45, 7) is 4.56. The van der Waals surface area contributed by atoms with Gasteiger partial charge in [0.05, 0.1) is 12.1 Å². The molecule has 1 saturated carbocycles. The maximum absolute atomic E-state index is 12.7. The number of benzene rings is 6. The number of alkyl carbamates (subject to hydrolysis) is 2. The van der Waals surface area contributed by atoms with Gasteiger partial charge in [-0.25, -0.2) is 9.59 Å². The van der Waals surface area contributed by atoms with Crippen molar-refractivity contribution >= 4 is 47.5 Å². The molecule has 1 aliphatic heterocycles. The zero-order valence-electron chi connectivity index (χ0n) is 44.6. The summed E-state index contributed by atoms with van der Waals surface area (Å²) < 4.78 is 22.2. The van der Waals surface area contributed by atoms with Crippen molar-refractivity contribution in [3.8, 4) is 11.5 Å². The standard InChI is InChI=1S/C31H34N4O5.C30H33N5O5/c1-21(34-30(37)25-16-17-27(18-25)40-26-10-6-3-7-11-26)29(36)33-19-22-12-14-24(15-13-22)28(32)35-31(38)39-20-23-8-4-2-5-9-23;1-20(34-29(37)26-16-25(18-32-26)40-24-10-6-3-7-11-24)28(36)33-17-21-12-14-23(15-13-21)27(31)35-30(38)39-19-22-8-4-2-5-9-22/h2-15,21,25,27H,16-20H2,1H3,(H,33,36)(H,34,37)(H2,32,35,38);2-15,20,25-26,32H,16-19H2,1H3,(H,33,36)(H,34,37)(H2,31,35,38)/t21-,25+,27+;20-,25-,26+/m00/s1. The van der Waals surface area contributed by atoms with Crippen LogP contribution in [0.2, 0.25) is 0 Å². The zero-order valence-corrected chi connectivity index (χ0v) is 44.6. The smallest absolute Gasteiger partial charge is 0.413 e. The first-order valence-electron chi connectivity index (χ1n) is 26.4. The van der Waals surface area contributed by atoms with Crippen molar-refractivity contribution in [2.75, 3.05) is 6.54 Å². The van der Waals surface area contributed by atoms with Gasteiger partial charge >= 0.3 is 12.2 Å². The Kier molecular flexibility index (Phi) is 21.8. The number of hydrogen-bond acceptors (Lipinski definition) is 13. The Bertz CT molecular complexity index is 2800. The lowest BCUT2D eigenvalue weighted by atomic mass is 10.1. The van der Waals surface area contributed by atoms with E-state index in [4.69, 9.17) is 29.8 Å². The van der Waals surface area contributed by atoms with Gasteiger partial charge in [0.1, 0.15) is 54.6 Å². The number of amides is 6.